The molecular weight excluding hydrogens is 486 g/mol. The molecule has 36 heavy (non-hydrogen) atoms. The van der Waals surface area contributed by atoms with Crippen LogP contribution in [0.2, 0.25) is 0 Å². The van der Waals surface area contributed by atoms with Gasteiger partial charge in [0, 0.05) is 12.1 Å². The number of aliphatic hydroxyl groups excluding tert-OH is 1. The molecule has 0 aromatic heterocycles. The summed E-state index contributed by atoms with van der Waals surface area (Å²) in [5, 5.41) is 12.9. The smallest absolute Gasteiger partial charge is 0.339 e. The molecule has 1 aliphatic rings. The van der Waals surface area contributed by atoms with E-state index in [9.17, 15) is 18.3 Å². The number of benzene rings is 3. The lowest BCUT2D eigenvalue weighted by Gasteiger charge is -2.19. The Labute approximate surface area is 209 Å². The molecule has 1 aliphatic heterocycles. The maximum absolute atomic E-state index is 12.8. The molecule has 0 fully saturated rings. The number of methoxy groups -OCH3 is 1. The van der Waals surface area contributed by atoms with E-state index in [4.69, 9.17) is 18.4 Å². The molecule has 0 atom stereocenters. The Morgan fingerprint density at radius 2 is 1.78 bits per heavy atom. The molecular formula is C26H27NO8S. The second kappa shape index (κ2) is 11.3. The van der Waals surface area contributed by atoms with Gasteiger partial charge in [-0.2, -0.15) is 8.42 Å². The summed E-state index contributed by atoms with van der Waals surface area (Å²) in [7, 11) is -2.82. The Morgan fingerprint density at radius 3 is 2.50 bits per heavy atom. The number of hydrogen-bond donors (Lipinski definition) is 2. The summed E-state index contributed by atoms with van der Waals surface area (Å²) in [6.07, 6.45) is 0.504. The lowest BCUT2D eigenvalue weighted by Crippen LogP contribution is -2.27. The van der Waals surface area contributed by atoms with Gasteiger partial charge in [0.25, 0.3) is 0 Å². The van der Waals surface area contributed by atoms with E-state index in [-0.39, 0.29) is 34.3 Å². The molecule has 0 saturated heterocycles. The van der Waals surface area contributed by atoms with Crippen LogP contribution in [0.1, 0.15) is 16.7 Å². The quantitative estimate of drug-likeness (QED) is 0.397. The number of fused-ring (bicyclic) bond motifs is 1. The fourth-order valence-electron chi connectivity index (χ4n) is 3.81. The molecule has 1 amide bonds. The van der Waals surface area contributed by atoms with Crippen molar-refractivity contribution in [1.82, 2.24) is 5.32 Å². The average molecular weight is 514 g/mol. The Hall–Kier alpha value is -3.76. The van der Waals surface area contributed by atoms with Crippen LogP contribution in [0.5, 0.6) is 23.0 Å². The fourth-order valence-corrected chi connectivity index (χ4v) is 4.80. The molecule has 3 aromatic carbocycles. The molecule has 0 bridgehead atoms. The summed E-state index contributed by atoms with van der Waals surface area (Å²) < 4.78 is 47.3. The second-order valence-electron chi connectivity index (χ2n) is 8.00. The Kier molecular flexibility index (Phi) is 7.97. The van der Waals surface area contributed by atoms with Gasteiger partial charge in [0.05, 0.1) is 20.1 Å². The van der Waals surface area contributed by atoms with E-state index in [1.165, 1.54) is 25.3 Å². The van der Waals surface area contributed by atoms with Crippen LogP contribution in [0.3, 0.4) is 0 Å². The van der Waals surface area contributed by atoms with Crippen LogP contribution in [0.25, 0.3) is 0 Å². The number of nitrogens with one attached hydrogen (secondary N) is 1. The van der Waals surface area contributed by atoms with Gasteiger partial charge in [0.2, 0.25) is 5.91 Å². The van der Waals surface area contributed by atoms with E-state index >= 15 is 0 Å². The van der Waals surface area contributed by atoms with E-state index in [2.05, 4.69) is 5.32 Å². The Balaban J connectivity index is 1.45. The highest BCUT2D eigenvalue weighted by Crippen LogP contribution is 2.36. The fraction of sp³-hybridized carbons (Fsp3) is 0.269. The maximum atomic E-state index is 12.8. The summed E-state index contributed by atoms with van der Waals surface area (Å²) in [6, 6.07) is 16.4. The first-order valence-corrected chi connectivity index (χ1v) is 12.8. The van der Waals surface area contributed by atoms with E-state index in [0.717, 1.165) is 5.56 Å². The monoisotopic (exact) mass is 513 g/mol. The van der Waals surface area contributed by atoms with Crippen LogP contribution < -0.4 is 23.7 Å². The molecule has 9 nitrogen and oxygen atoms in total. The first kappa shape index (κ1) is 25.3. The maximum Gasteiger partial charge on any atom is 0.339 e. The highest BCUT2D eigenvalue weighted by Gasteiger charge is 2.24. The minimum absolute atomic E-state index is 0.0433. The van der Waals surface area contributed by atoms with Crippen LogP contribution in [-0.4, -0.2) is 46.3 Å². The second-order valence-corrected chi connectivity index (χ2v) is 9.54. The number of aliphatic hydroxyl groups is 1. The molecule has 0 aliphatic carbocycles. The molecule has 0 spiro atoms. The lowest BCUT2D eigenvalue weighted by molar-refractivity contribution is -0.120. The van der Waals surface area contributed by atoms with Gasteiger partial charge in [-0.15, -0.1) is 0 Å². The highest BCUT2D eigenvalue weighted by atomic mass is 32.2. The normalized spacial score (nSPS) is 12.6. The van der Waals surface area contributed by atoms with E-state index in [1.54, 1.807) is 24.3 Å². The summed E-state index contributed by atoms with van der Waals surface area (Å²) in [5.41, 5.74) is 1.58. The predicted octanol–water partition coefficient (Wildman–Crippen LogP) is 2.63. The number of carbonyl (C=O) groups is 1. The van der Waals surface area contributed by atoms with Crippen molar-refractivity contribution >= 4 is 16.0 Å². The number of rotatable bonds is 10. The number of ether oxygens (including phenoxy) is 3. The molecule has 2 N–H and O–H groups in total. The van der Waals surface area contributed by atoms with Crippen molar-refractivity contribution < 1.29 is 36.7 Å². The highest BCUT2D eigenvalue weighted by molar-refractivity contribution is 7.87. The standard InChI is InChI=1S/C26H27NO8S/c1-32-23-10-8-19(21(17-28)26(23)35-36(30,31)20-5-3-2-4-6-20)16-25(29)27-12-11-18-7-9-22-24(15-18)34-14-13-33-22/h2-10,15,28H,11-14,16-17H2,1H3,(H,27,29). The Morgan fingerprint density at radius 1 is 1.03 bits per heavy atom. The van der Waals surface area contributed by atoms with Crippen molar-refractivity contribution in [1.29, 1.82) is 0 Å². The lowest BCUT2D eigenvalue weighted by atomic mass is 10.0. The van der Waals surface area contributed by atoms with Gasteiger partial charge in [-0.1, -0.05) is 30.3 Å². The van der Waals surface area contributed by atoms with E-state index < -0.39 is 16.7 Å². The van der Waals surface area contributed by atoms with E-state index in [1.807, 2.05) is 18.2 Å². The zero-order valence-electron chi connectivity index (χ0n) is 19.7. The molecule has 4 rings (SSSR count). The van der Waals surface area contributed by atoms with Crippen molar-refractivity contribution in [3.63, 3.8) is 0 Å². The summed E-state index contributed by atoms with van der Waals surface area (Å²) in [6.45, 7) is 0.862. The first-order valence-electron chi connectivity index (χ1n) is 11.4. The van der Waals surface area contributed by atoms with E-state index in [0.29, 0.717) is 43.2 Å². The van der Waals surface area contributed by atoms with Crippen LogP contribution in [-0.2, 0) is 34.4 Å². The zero-order chi connectivity index (χ0) is 25.5. The van der Waals surface area contributed by atoms with Gasteiger partial charge < -0.3 is 28.8 Å². The Bertz CT molecular complexity index is 1330. The minimum atomic E-state index is -4.19. The number of hydrogen-bond acceptors (Lipinski definition) is 8. The molecule has 1 heterocycles. The summed E-state index contributed by atoms with van der Waals surface area (Å²) in [5.74, 6) is 1.09. The average Bonchev–Trinajstić information content (AvgIpc) is 2.89. The third kappa shape index (κ3) is 5.89. The predicted molar refractivity (Wildman–Crippen MR) is 131 cm³/mol. The number of carbonyl (C=O) groups excluding carboxylic acids is 1. The minimum Gasteiger partial charge on any atom is -0.493 e. The van der Waals surface area contributed by atoms with Gasteiger partial charge >= 0.3 is 10.1 Å². The van der Waals surface area contributed by atoms with Crippen molar-refractivity contribution in [2.24, 2.45) is 0 Å². The molecule has 0 radical (unpaired) electrons. The SMILES string of the molecule is COc1ccc(CC(=O)NCCc2ccc3c(c2)OCCO3)c(CO)c1OS(=O)(=O)c1ccccc1. The summed E-state index contributed by atoms with van der Waals surface area (Å²) in [4.78, 5) is 12.6. The van der Waals surface area contributed by atoms with Crippen molar-refractivity contribution in [3.8, 4) is 23.0 Å². The van der Waals surface area contributed by atoms with Crippen LogP contribution in [0.4, 0.5) is 0 Å². The van der Waals surface area contributed by atoms with Gasteiger partial charge in [-0.25, -0.2) is 0 Å². The molecule has 0 unspecified atom stereocenters. The molecule has 190 valence electrons. The molecule has 3 aromatic rings. The van der Waals surface area contributed by atoms with Crippen molar-refractivity contribution in [2.45, 2.75) is 24.3 Å². The van der Waals surface area contributed by atoms with Crippen molar-refractivity contribution in [2.75, 3.05) is 26.9 Å². The largest absolute Gasteiger partial charge is 0.493 e. The van der Waals surface area contributed by atoms with Crippen LogP contribution in [0.15, 0.2) is 65.6 Å². The zero-order valence-corrected chi connectivity index (χ0v) is 20.5. The summed E-state index contributed by atoms with van der Waals surface area (Å²) >= 11 is 0. The molecule has 0 saturated carbocycles. The van der Waals surface area contributed by atoms with Crippen LogP contribution >= 0.6 is 0 Å². The van der Waals surface area contributed by atoms with Gasteiger partial charge in [-0.3, -0.25) is 4.79 Å². The van der Waals surface area contributed by atoms with Crippen LogP contribution in [0, 0.1) is 0 Å². The first-order chi connectivity index (χ1) is 17.4. The third-order valence-electron chi connectivity index (χ3n) is 5.62. The topological polar surface area (TPSA) is 120 Å². The molecule has 10 heteroatoms. The third-order valence-corrected chi connectivity index (χ3v) is 6.85. The van der Waals surface area contributed by atoms with Gasteiger partial charge in [0.15, 0.2) is 23.0 Å². The van der Waals surface area contributed by atoms with Crippen molar-refractivity contribution in [3.05, 3.63) is 77.4 Å². The van der Waals surface area contributed by atoms with Gasteiger partial charge in [-0.05, 0) is 47.9 Å². The number of amides is 1. The van der Waals surface area contributed by atoms with Gasteiger partial charge in [0.1, 0.15) is 18.1 Å².